The standard InChI is InChI=1S/C12H19NO2/c1-9(2)4-5-11(14)10-6-7-13-8-12(10)15-3/h6-9,11,14H,4-5H2,1-3H3. The Morgan fingerprint density at radius 1 is 1.40 bits per heavy atom. The first-order valence-electron chi connectivity index (χ1n) is 5.31. The van der Waals surface area contributed by atoms with Crippen LogP contribution in [0.2, 0.25) is 0 Å². The predicted molar refractivity (Wildman–Crippen MR) is 59.8 cm³/mol. The summed E-state index contributed by atoms with van der Waals surface area (Å²) in [5, 5.41) is 9.97. The second kappa shape index (κ2) is 5.71. The average Bonchev–Trinajstić information content (AvgIpc) is 2.25. The Kier molecular flexibility index (Phi) is 4.56. The maximum Gasteiger partial charge on any atom is 0.142 e. The van der Waals surface area contributed by atoms with E-state index in [1.807, 2.05) is 6.07 Å². The van der Waals surface area contributed by atoms with Gasteiger partial charge in [0.2, 0.25) is 0 Å². The summed E-state index contributed by atoms with van der Waals surface area (Å²) in [6, 6.07) is 1.81. The number of aromatic nitrogens is 1. The maximum absolute atomic E-state index is 9.97. The van der Waals surface area contributed by atoms with Crippen LogP contribution in [-0.4, -0.2) is 17.2 Å². The molecule has 0 saturated carbocycles. The molecular formula is C12H19NO2. The van der Waals surface area contributed by atoms with Crippen LogP contribution >= 0.6 is 0 Å². The highest BCUT2D eigenvalue weighted by atomic mass is 16.5. The van der Waals surface area contributed by atoms with Gasteiger partial charge in [0.15, 0.2) is 0 Å². The fourth-order valence-electron chi connectivity index (χ4n) is 1.48. The summed E-state index contributed by atoms with van der Waals surface area (Å²) in [5.41, 5.74) is 0.827. The van der Waals surface area contributed by atoms with Gasteiger partial charge in [-0.2, -0.15) is 0 Å². The first-order valence-corrected chi connectivity index (χ1v) is 5.31. The van der Waals surface area contributed by atoms with E-state index >= 15 is 0 Å². The van der Waals surface area contributed by atoms with Gasteiger partial charge in [-0.1, -0.05) is 13.8 Å². The molecule has 0 radical (unpaired) electrons. The smallest absolute Gasteiger partial charge is 0.142 e. The third kappa shape index (κ3) is 3.51. The van der Waals surface area contributed by atoms with E-state index < -0.39 is 6.10 Å². The van der Waals surface area contributed by atoms with E-state index in [0.717, 1.165) is 18.4 Å². The van der Waals surface area contributed by atoms with Gasteiger partial charge >= 0.3 is 0 Å². The van der Waals surface area contributed by atoms with Crippen molar-refractivity contribution in [1.82, 2.24) is 4.98 Å². The molecule has 1 N–H and O–H groups in total. The van der Waals surface area contributed by atoms with Crippen LogP contribution in [0, 0.1) is 5.92 Å². The van der Waals surface area contributed by atoms with Gasteiger partial charge in [-0.15, -0.1) is 0 Å². The Balaban J connectivity index is 2.68. The largest absolute Gasteiger partial charge is 0.495 e. The molecular weight excluding hydrogens is 190 g/mol. The number of rotatable bonds is 5. The van der Waals surface area contributed by atoms with E-state index in [1.54, 1.807) is 19.5 Å². The van der Waals surface area contributed by atoms with Crippen LogP contribution in [0.1, 0.15) is 38.4 Å². The molecule has 0 bridgehead atoms. The number of hydrogen-bond donors (Lipinski definition) is 1. The fraction of sp³-hybridized carbons (Fsp3) is 0.583. The molecule has 0 spiro atoms. The van der Waals surface area contributed by atoms with Crippen molar-refractivity contribution in [3.8, 4) is 5.75 Å². The highest BCUT2D eigenvalue weighted by Crippen LogP contribution is 2.27. The number of ether oxygens (including phenoxy) is 1. The molecule has 0 aliphatic rings. The van der Waals surface area contributed by atoms with Crippen molar-refractivity contribution in [2.24, 2.45) is 5.92 Å². The summed E-state index contributed by atoms with van der Waals surface area (Å²) in [6.45, 7) is 4.30. The van der Waals surface area contributed by atoms with Crippen LogP contribution in [0.25, 0.3) is 0 Å². The molecule has 0 aliphatic carbocycles. The molecule has 1 rings (SSSR count). The number of nitrogens with zero attached hydrogens (tertiary/aromatic N) is 1. The molecule has 3 nitrogen and oxygen atoms in total. The topological polar surface area (TPSA) is 42.4 Å². The number of methoxy groups -OCH3 is 1. The number of hydrogen-bond acceptors (Lipinski definition) is 3. The highest BCUT2D eigenvalue weighted by Gasteiger charge is 2.13. The minimum absolute atomic E-state index is 0.453. The maximum atomic E-state index is 9.97. The van der Waals surface area contributed by atoms with Crippen molar-refractivity contribution in [3.63, 3.8) is 0 Å². The van der Waals surface area contributed by atoms with Crippen molar-refractivity contribution in [3.05, 3.63) is 24.0 Å². The lowest BCUT2D eigenvalue weighted by Gasteiger charge is -2.15. The minimum atomic E-state index is -0.453. The molecule has 1 aromatic heterocycles. The minimum Gasteiger partial charge on any atom is -0.495 e. The summed E-state index contributed by atoms with van der Waals surface area (Å²) in [6.07, 6.45) is 4.63. The van der Waals surface area contributed by atoms with E-state index in [2.05, 4.69) is 18.8 Å². The van der Waals surface area contributed by atoms with Crippen molar-refractivity contribution in [2.75, 3.05) is 7.11 Å². The molecule has 0 saturated heterocycles. The van der Waals surface area contributed by atoms with Gasteiger partial charge in [0, 0.05) is 11.8 Å². The number of pyridine rings is 1. The van der Waals surface area contributed by atoms with E-state index in [-0.39, 0.29) is 0 Å². The third-order valence-electron chi connectivity index (χ3n) is 2.41. The van der Waals surface area contributed by atoms with Crippen molar-refractivity contribution < 1.29 is 9.84 Å². The molecule has 1 heterocycles. The van der Waals surface area contributed by atoms with Gasteiger partial charge in [0.05, 0.1) is 19.4 Å². The van der Waals surface area contributed by atoms with Crippen LogP contribution in [0.4, 0.5) is 0 Å². The van der Waals surface area contributed by atoms with Crippen LogP contribution in [-0.2, 0) is 0 Å². The Labute approximate surface area is 91.1 Å². The molecule has 84 valence electrons. The molecule has 1 unspecified atom stereocenters. The van der Waals surface area contributed by atoms with Gasteiger partial charge in [-0.05, 0) is 24.8 Å². The third-order valence-corrected chi connectivity index (χ3v) is 2.41. The Morgan fingerprint density at radius 3 is 2.73 bits per heavy atom. The quantitative estimate of drug-likeness (QED) is 0.810. The number of aliphatic hydroxyl groups is 1. The zero-order chi connectivity index (χ0) is 11.3. The first kappa shape index (κ1) is 12.0. The Bertz CT molecular complexity index is 299. The molecule has 0 fully saturated rings. The van der Waals surface area contributed by atoms with Crippen LogP contribution in [0.3, 0.4) is 0 Å². The summed E-state index contributed by atoms with van der Waals surface area (Å²) in [7, 11) is 1.59. The molecule has 0 aliphatic heterocycles. The van der Waals surface area contributed by atoms with Gasteiger partial charge < -0.3 is 9.84 Å². The first-order chi connectivity index (χ1) is 7.15. The Morgan fingerprint density at radius 2 is 2.13 bits per heavy atom. The lowest BCUT2D eigenvalue weighted by molar-refractivity contribution is 0.155. The molecule has 1 aromatic rings. The van der Waals surface area contributed by atoms with Gasteiger partial charge in [-0.25, -0.2) is 0 Å². The highest BCUT2D eigenvalue weighted by molar-refractivity contribution is 5.31. The van der Waals surface area contributed by atoms with Crippen molar-refractivity contribution in [1.29, 1.82) is 0 Å². The van der Waals surface area contributed by atoms with Gasteiger partial charge in [0.1, 0.15) is 5.75 Å². The second-order valence-electron chi connectivity index (χ2n) is 4.10. The second-order valence-corrected chi connectivity index (χ2v) is 4.10. The van der Waals surface area contributed by atoms with Crippen molar-refractivity contribution >= 4 is 0 Å². The summed E-state index contributed by atoms with van der Waals surface area (Å²) >= 11 is 0. The van der Waals surface area contributed by atoms with Crippen LogP contribution in [0.5, 0.6) is 5.75 Å². The average molecular weight is 209 g/mol. The predicted octanol–water partition coefficient (Wildman–Crippen LogP) is 2.56. The zero-order valence-electron chi connectivity index (χ0n) is 9.60. The van der Waals surface area contributed by atoms with Crippen molar-refractivity contribution in [2.45, 2.75) is 32.8 Å². The van der Waals surface area contributed by atoms with E-state index in [4.69, 9.17) is 4.74 Å². The SMILES string of the molecule is COc1cnccc1C(O)CCC(C)C. The van der Waals surface area contributed by atoms with Gasteiger partial charge in [-0.3, -0.25) is 4.98 Å². The number of aliphatic hydroxyl groups excluding tert-OH is 1. The summed E-state index contributed by atoms with van der Waals surface area (Å²) < 4.78 is 5.15. The van der Waals surface area contributed by atoms with E-state index in [9.17, 15) is 5.11 Å². The summed E-state index contributed by atoms with van der Waals surface area (Å²) in [5.74, 6) is 1.27. The van der Waals surface area contributed by atoms with Crippen LogP contribution < -0.4 is 4.74 Å². The van der Waals surface area contributed by atoms with E-state index in [0.29, 0.717) is 11.7 Å². The summed E-state index contributed by atoms with van der Waals surface area (Å²) in [4.78, 5) is 3.96. The van der Waals surface area contributed by atoms with E-state index in [1.165, 1.54) is 0 Å². The molecule has 0 aromatic carbocycles. The molecule has 15 heavy (non-hydrogen) atoms. The fourth-order valence-corrected chi connectivity index (χ4v) is 1.48. The van der Waals surface area contributed by atoms with Gasteiger partial charge in [0.25, 0.3) is 0 Å². The lowest BCUT2D eigenvalue weighted by Crippen LogP contribution is -2.02. The Hall–Kier alpha value is -1.09. The zero-order valence-corrected chi connectivity index (χ0v) is 9.60. The molecule has 0 amide bonds. The molecule has 1 atom stereocenters. The van der Waals surface area contributed by atoms with Crippen LogP contribution in [0.15, 0.2) is 18.5 Å². The normalized spacial score (nSPS) is 12.9. The lowest BCUT2D eigenvalue weighted by atomic mass is 10.0. The monoisotopic (exact) mass is 209 g/mol. The molecule has 3 heteroatoms.